The highest BCUT2D eigenvalue weighted by Gasteiger charge is 2.61. The lowest BCUT2D eigenvalue weighted by molar-refractivity contribution is -0.157. The van der Waals surface area contributed by atoms with Crippen molar-refractivity contribution in [2.24, 2.45) is 5.41 Å². The Kier molecular flexibility index (Phi) is 5.41. The Morgan fingerprint density at radius 3 is 2.45 bits per heavy atom. The molecule has 5 heteroatoms. The number of hydrogen-bond donors (Lipinski definition) is 1. The highest BCUT2D eigenvalue weighted by molar-refractivity contribution is 5.96. The third-order valence-corrected chi connectivity index (χ3v) is 6.40. The van der Waals surface area contributed by atoms with Crippen LogP contribution in [0.4, 0.5) is 0 Å². The second-order valence-electron chi connectivity index (χ2n) is 8.06. The van der Waals surface area contributed by atoms with Gasteiger partial charge in [0.1, 0.15) is 0 Å². The summed E-state index contributed by atoms with van der Waals surface area (Å²) in [5.41, 5.74) is 1.77. The molecule has 0 radical (unpaired) electrons. The van der Waals surface area contributed by atoms with Gasteiger partial charge < -0.3 is 14.7 Å². The molecule has 2 aromatic carbocycles. The molecule has 4 rings (SSSR count). The average Bonchev–Trinajstić information content (AvgIpc) is 3.30. The van der Waals surface area contributed by atoms with E-state index in [0.717, 1.165) is 24.0 Å². The first-order valence-corrected chi connectivity index (χ1v) is 10.3. The zero-order chi connectivity index (χ0) is 20.4. The van der Waals surface area contributed by atoms with Gasteiger partial charge in [-0.1, -0.05) is 42.5 Å². The largest absolute Gasteiger partial charge is 0.465 e. The van der Waals surface area contributed by atoms with Crippen molar-refractivity contribution in [3.05, 3.63) is 71.3 Å². The lowest BCUT2D eigenvalue weighted by Gasteiger charge is -2.35. The Morgan fingerprint density at radius 1 is 1.07 bits per heavy atom. The van der Waals surface area contributed by atoms with Crippen LogP contribution in [0, 0.1) is 5.41 Å². The van der Waals surface area contributed by atoms with E-state index >= 15 is 0 Å². The van der Waals surface area contributed by atoms with E-state index in [0.29, 0.717) is 25.0 Å². The molecule has 2 aliphatic heterocycles. The van der Waals surface area contributed by atoms with E-state index in [2.05, 4.69) is 0 Å². The van der Waals surface area contributed by atoms with Crippen LogP contribution in [0.5, 0.6) is 0 Å². The van der Waals surface area contributed by atoms with Gasteiger partial charge >= 0.3 is 5.97 Å². The predicted molar refractivity (Wildman–Crippen MR) is 109 cm³/mol. The number of carbonyl (C=O) groups is 2. The number of nitrogens with zero attached hydrogens (tertiary/aromatic N) is 1. The first-order chi connectivity index (χ1) is 14.1. The quantitative estimate of drug-likeness (QED) is 0.765. The number of rotatable bonds is 6. The van der Waals surface area contributed by atoms with Crippen LogP contribution < -0.4 is 0 Å². The molecule has 1 amide bonds. The summed E-state index contributed by atoms with van der Waals surface area (Å²) in [6, 6.07) is 17.0. The van der Waals surface area contributed by atoms with Crippen LogP contribution in [0.25, 0.3) is 0 Å². The maximum absolute atomic E-state index is 13.3. The summed E-state index contributed by atoms with van der Waals surface area (Å²) in [6.45, 7) is 2.11. The summed E-state index contributed by atoms with van der Waals surface area (Å²) in [5.74, 6) is -0.231. The lowest BCUT2D eigenvalue weighted by atomic mass is 9.70. The van der Waals surface area contributed by atoms with E-state index < -0.39 is 5.41 Å². The predicted octanol–water partition coefficient (Wildman–Crippen LogP) is 3.35. The van der Waals surface area contributed by atoms with Gasteiger partial charge in [0.2, 0.25) is 0 Å². The van der Waals surface area contributed by atoms with E-state index in [9.17, 15) is 14.7 Å². The molecule has 2 fully saturated rings. The molecule has 2 heterocycles. The molecular formula is C24H27NO4. The number of hydrogen-bond acceptors (Lipinski definition) is 4. The molecule has 2 saturated heterocycles. The summed E-state index contributed by atoms with van der Waals surface area (Å²) >= 11 is 0. The van der Waals surface area contributed by atoms with E-state index in [1.165, 1.54) is 0 Å². The summed E-state index contributed by atoms with van der Waals surface area (Å²) in [4.78, 5) is 28.4. The molecule has 0 saturated carbocycles. The molecule has 0 aliphatic carbocycles. The van der Waals surface area contributed by atoms with Crippen molar-refractivity contribution in [1.82, 2.24) is 4.90 Å². The number of carbonyl (C=O) groups excluding carboxylic acids is 2. The summed E-state index contributed by atoms with van der Waals surface area (Å²) in [6.07, 6.45) is 2.96. The Balaban J connectivity index is 1.66. The normalized spacial score (nSPS) is 25.2. The fourth-order valence-corrected chi connectivity index (χ4v) is 5.11. The minimum absolute atomic E-state index is 0.0405. The second kappa shape index (κ2) is 7.99. The highest BCUT2D eigenvalue weighted by Crippen LogP contribution is 2.52. The van der Waals surface area contributed by atoms with Crippen LogP contribution in [0.3, 0.4) is 0 Å². The number of amides is 1. The van der Waals surface area contributed by atoms with Gasteiger partial charge in [0.05, 0.1) is 18.6 Å². The molecule has 2 bridgehead atoms. The molecular weight excluding hydrogens is 366 g/mol. The number of aliphatic hydroxyl groups is 1. The van der Waals surface area contributed by atoms with Gasteiger partial charge in [-0.15, -0.1) is 0 Å². The first-order valence-electron chi connectivity index (χ1n) is 10.3. The third kappa shape index (κ3) is 3.44. The van der Waals surface area contributed by atoms with Gasteiger partial charge in [-0.25, -0.2) is 0 Å². The topological polar surface area (TPSA) is 66.8 Å². The zero-order valence-electron chi connectivity index (χ0n) is 16.7. The van der Waals surface area contributed by atoms with Crippen molar-refractivity contribution in [3.63, 3.8) is 0 Å². The summed E-state index contributed by atoms with van der Waals surface area (Å²) in [7, 11) is 0. The number of benzene rings is 2. The number of aliphatic hydroxyl groups excluding tert-OH is 1. The standard InChI is InChI=1S/C24H27NO4/c1-2-29-23(28)24(14-17-6-4-3-5-7-17)15-20-12-13-21(24)25(20)22(27)19-10-8-18(16-26)9-11-19/h3-11,20-21,26H,2,12-16H2,1H3/t20-,21+,24+/m1/s1. The Morgan fingerprint density at radius 2 is 1.79 bits per heavy atom. The van der Waals surface area contributed by atoms with E-state index in [1.807, 2.05) is 42.2 Å². The maximum atomic E-state index is 13.3. The molecule has 3 atom stereocenters. The van der Waals surface area contributed by atoms with Crippen LogP contribution in [0.1, 0.15) is 47.7 Å². The van der Waals surface area contributed by atoms with Crippen molar-refractivity contribution >= 4 is 11.9 Å². The van der Waals surface area contributed by atoms with E-state index in [-0.39, 0.29) is 30.6 Å². The van der Waals surface area contributed by atoms with E-state index in [1.54, 1.807) is 24.3 Å². The molecule has 1 N–H and O–H groups in total. The molecule has 152 valence electrons. The number of esters is 1. The fourth-order valence-electron chi connectivity index (χ4n) is 5.11. The molecule has 2 aliphatic rings. The SMILES string of the molecule is CCOC(=O)[C@@]1(Cc2ccccc2)C[C@H]2CC[C@@H]1N2C(=O)c1ccc(CO)cc1. The van der Waals surface area contributed by atoms with Crippen LogP contribution in [0.15, 0.2) is 54.6 Å². The maximum Gasteiger partial charge on any atom is 0.314 e. The van der Waals surface area contributed by atoms with Crippen LogP contribution in [-0.4, -0.2) is 40.6 Å². The van der Waals surface area contributed by atoms with Crippen LogP contribution in [-0.2, 0) is 22.6 Å². The second-order valence-corrected chi connectivity index (χ2v) is 8.06. The number of fused-ring (bicyclic) bond motifs is 2. The molecule has 0 aromatic heterocycles. The molecule has 0 spiro atoms. The van der Waals surface area contributed by atoms with Gasteiger partial charge in [0.15, 0.2) is 0 Å². The van der Waals surface area contributed by atoms with Crippen molar-refractivity contribution in [2.75, 3.05) is 6.61 Å². The van der Waals surface area contributed by atoms with Crippen molar-refractivity contribution in [3.8, 4) is 0 Å². The Hall–Kier alpha value is -2.66. The monoisotopic (exact) mass is 393 g/mol. The van der Waals surface area contributed by atoms with Crippen LogP contribution >= 0.6 is 0 Å². The third-order valence-electron chi connectivity index (χ3n) is 6.40. The summed E-state index contributed by atoms with van der Waals surface area (Å²) in [5, 5.41) is 9.25. The van der Waals surface area contributed by atoms with Crippen molar-refractivity contribution in [1.29, 1.82) is 0 Å². The minimum atomic E-state index is -0.693. The smallest absolute Gasteiger partial charge is 0.314 e. The Bertz CT molecular complexity index is 880. The minimum Gasteiger partial charge on any atom is -0.465 e. The number of ether oxygens (including phenoxy) is 1. The highest BCUT2D eigenvalue weighted by atomic mass is 16.5. The average molecular weight is 393 g/mol. The molecule has 29 heavy (non-hydrogen) atoms. The van der Waals surface area contributed by atoms with E-state index in [4.69, 9.17) is 4.74 Å². The Labute approximate surface area is 171 Å². The first kappa shape index (κ1) is 19.6. The van der Waals surface area contributed by atoms with Gasteiger partial charge in [0, 0.05) is 17.6 Å². The van der Waals surface area contributed by atoms with Crippen molar-refractivity contribution < 1.29 is 19.4 Å². The van der Waals surface area contributed by atoms with Crippen LogP contribution in [0.2, 0.25) is 0 Å². The zero-order valence-corrected chi connectivity index (χ0v) is 16.7. The van der Waals surface area contributed by atoms with Gasteiger partial charge in [-0.3, -0.25) is 9.59 Å². The molecule has 2 aromatic rings. The molecule has 0 unspecified atom stereocenters. The molecule has 5 nitrogen and oxygen atoms in total. The van der Waals surface area contributed by atoms with Gasteiger partial charge in [0.25, 0.3) is 5.91 Å². The van der Waals surface area contributed by atoms with Gasteiger partial charge in [-0.05, 0) is 55.9 Å². The lowest BCUT2D eigenvalue weighted by Crippen LogP contribution is -2.47. The van der Waals surface area contributed by atoms with Crippen molar-refractivity contribution in [2.45, 2.75) is 51.3 Å². The fraction of sp³-hybridized carbons (Fsp3) is 0.417. The summed E-state index contributed by atoms with van der Waals surface area (Å²) < 4.78 is 5.51. The van der Waals surface area contributed by atoms with Gasteiger partial charge in [-0.2, -0.15) is 0 Å².